The van der Waals surface area contributed by atoms with Gasteiger partial charge in [0.25, 0.3) is 8.53 Å². The highest BCUT2D eigenvalue weighted by molar-refractivity contribution is 7.44. The summed E-state index contributed by atoms with van der Waals surface area (Å²) in [5, 5.41) is 3.04. The predicted molar refractivity (Wildman–Crippen MR) is 328 cm³/mol. The molecule has 82 heavy (non-hydrogen) atoms. The van der Waals surface area contributed by atoms with E-state index in [2.05, 4.69) is 83.2 Å². The van der Waals surface area contributed by atoms with E-state index in [1.165, 1.54) is 56.9 Å². The lowest BCUT2D eigenvalue weighted by Crippen LogP contribution is -2.51. The minimum Gasteiger partial charge on any atom is -0.497 e. The zero-order valence-electron chi connectivity index (χ0n) is 51.6. The predicted octanol–water partition coefficient (Wildman–Crippen LogP) is 15.4. The fourth-order valence-corrected chi connectivity index (χ4v) is 17.9. The van der Waals surface area contributed by atoms with E-state index in [4.69, 9.17) is 29.8 Å². The largest absolute Gasteiger partial charge is 0.497 e. The molecule has 3 aromatic rings. The van der Waals surface area contributed by atoms with Crippen LogP contribution in [0.3, 0.4) is 0 Å². The smallest absolute Gasteiger partial charge is 0.407 e. The SMILES string of the molecule is [C-]#[N+]CCOP(OC1CN(C(=O)CCCCCNC(=O)O[C@H]2CC[C@@]3(C)C(=CCC4C3CC[C@@]3(C)C4CC[C@@H]3[C@H](C)CCCC(C)C)C2)CC1C(=O)C(c1ccccc1)(c1ccc(OC)cc1)c1ccc(OC)cc1)N(C(C)C)C(C)C. The molecule has 5 aliphatic rings. The van der Waals surface area contributed by atoms with Gasteiger partial charge in [0.05, 0.1) is 26.2 Å². The van der Waals surface area contributed by atoms with Crippen molar-refractivity contribution in [3.05, 3.63) is 119 Å². The molecule has 6 unspecified atom stereocenters. The van der Waals surface area contributed by atoms with Gasteiger partial charge >= 0.3 is 6.09 Å². The molecule has 13 heteroatoms. The van der Waals surface area contributed by atoms with Gasteiger partial charge in [0, 0.05) is 44.6 Å². The minimum atomic E-state index is -1.76. The lowest BCUT2D eigenvalue weighted by molar-refractivity contribution is -0.131. The molecule has 1 N–H and O–H groups in total. The second-order valence-electron chi connectivity index (χ2n) is 26.3. The first-order valence-corrected chi connectivity index (χ1v) is 32.5. The Balaban J connectivity index is 0.904. The average molecular weight is 1140 g/mol. The molecule has 0 spiro atoms. The second-order valence-corrected chi connectivity index (χ2v) is 27.7. The lowest BCUT2D eigenvalue weighted by Gasteiger charge is -2.58. The van der Waals surface area contributed by atoms with E-state index in [9.17, 15) is 9.59 Å². The summed E-state index contributed by atoms with van der Waals surface area (Å²) in [6.45, 7) is 29.5. The van der Waals surface area contributed by atoms with Gasteiger partial charge in [-0.2, -0.15) is 0 Å². The summed E-state index contributed by atoms with van der Waals surface area (Å²) in [6.07, 6.45) is 17.3. The summed E-state index contributed by atoms with van der Waals surface area (Å²) in [4.78, 5) is 49.5. The topological polar surface area (TPSA) is 120 Å². The summed E-state index contributed by atoms with van der Waals surface area (Å²) < 4.78 is 33.1. The maximum absolute atomic E-state index is 16.4. The van der Waals surface area contributed by atoms with Crippen molar-refractivity contribution in [2.45, 2.75) is 188 Å². The van der Waals surface area contributed by atoms with E-state index in [1.807, 2.05) is 78.9 Å². The van der Waals surface area contributed by atoms with Crippen LogP contribution < -0.4 is 14.8 Å². The summed E-state index contributed by atoms with van der Waals surface area (Å²) >= 11 is 0. The number of likely N-dealkylation sites (tertiary alicyclic amines) is 1. The van der Waals surface area contributed by atoms with E-state index in [0.717, 1.165) is 77.9 Å². The fourth-order valence-electron chi connectivity index (χ4n) is 16.2. The van der Waals surface area contributed by atoms with Crippen LogP contribution in [-0.2, 0) is 28.8 Å². The molecule has 448 valence electrons. The van der Waals surface area contributed by atoms with Crippen molar-refractivity contribution in [3.8, 4) is 11.5 Å². The Morgan fingerprint density at radius 1 is 0.780 bits per heavy atom. The number of ether oxygens (including phenoxy) is 3. The van der Waals surface area contributed by atoms with Crippen LogP contribution in [0.4, 0.5) is 4.79 Å². The van der Waals surface area contributed by atoms with E-state index in [0.29, 0.717) is 36.3 Å². The third-order valence-electron chi connectivity index (χ3n) is 20.3. The van der Waals surface area contributed by atoms with E-state index >= 15 is 4.79 Å². The molecule has 1 aliphatic heterocycles. The Bertz CT molecular complexity index is 2580. The molecule has 0 bridgehead atoms. The molecule has 12 nitrogen and oxygen atoms in total. The molecule has 4 fully saturated rings. The van der Waals surface area contributed by atoms with Crippen molar-refractivity contribution < 1.29 is 37.6 Å². The first-order chi connectivity index (χ1) is 39.4. The van der Waals surface area contributed by atoms with Crippen molar-refractivity contribution in [2.75, 3.05) is 47.0 Å². The van der Waals surface area contributed by atoms with E-state index in [-0.39, 0.29) is 74.0 Å². The number of alkyl carbamates (subject to hydrolysis) is 1. The number of hydrogen-bond donors (Lipinski definition) is 1. The molecule has 0 radical (unpaired) electrons. The number of carbonyl (C=O) groups is 3. The van der Waals surface area contributed by atoms with Gasteiger partial charge in [0.1, 0.15) is 29.6 Å². The summed E-state index contributed by atoms with van der Waals surface area (Å²) in [5.74, 6) is 5.15. The molecular formula is C69H99N4O8P. The van der Waals surface area contributed by atoms with E-state index < -0.39 is 26.0 Å². The quantitative estimate of drug-likeness (QED) is 0.0262. The molecule has 2 amide bonds. The Labute approximate surface area is 494 Å². The highest BCUT2D eigenvalue weighted by atomic mass is 31.2. The molecule has 4 aliphatic carbocycles. The number of amides is 2. The number of unbranched alkanes of at least 4 members (excludes halogenated alkanes) is 2. The van der Waals surface area contributed by atoms with Gasteiger partial charge in [-0.05, 0) is 173 Å². The zero-order chi connectivity index (χ0) is 58.8. The van der Waals surface area contributed by atoms with Crippen molar-refractivity contribution in [3.63, 3.8) is 0 Å². The first-order valence-electron chi connectivity index (χ1n) is 31.4. The molecule has 8 rings (SSSR count). The molecule has 3 saturated carbocycles. The number of hydrogen-bond acceptors (Lipinski definition) is 9. The normalized spacial score (nSPS) is 26.8. The average Bonchev–Trinajstić information content (AvgIpc) is 1.81. The van der Waals surface area contributed by atoms with Gasteiger partial charge in [-0.15, -0.1) is 0 Å². The number of methoxy groups -OCH3 is 2. The van der Waals surface area contributed by atoms with Crippen molar-refractivity contribution in [2.24, 2.45) is 52.3 Å². The maximum Gasteiger partial charge on any atom is 0.407 e. The number of allylic oxidation sites excluding steroid dienone is 1. The number of carbonyl (C=O) groups excluding carboxylic acids is 3. The molecule has 1 saturated heterocycles. The van der Waals surface area contributed by atoms with Crippen LogP contribution in [0.15, 0.2) is 90.5 Å². The number of nitrogens with one attached hydrogen (secondary N) is 1. The van der Waals surface area contributed by atoms with Crippen LogP contribution in [-0.4, -0.2) is 98.7 Å². The molecule has 0 aromatic heterocycles. The van der Waals surface area contributed by atoms with Crippen molar-refractivity contribution >= 4 is 26.3 Å². The number of rotatable bonds is 27. The fraction of sp³-hybridized carbons (Fsp3) is 0.652. The Hall–Kier alpha value is -4.79. The second kappa shape index (κ2) is 28.4. The van der Waals surface area contributed by atoms with Crippen LogP contribution in [0.5, 0.6) is 11.5 Å². The van der Waals surface area contributed by atoms with E-state index in [1.54, 1.807) is 19.1 Å². The number of ketones is 1. The van der Waals surface area contributed by atoms with Gasteiger partial charge in [0.15, 0.2) is 5.78 Å². The summed E-state index contributed by atoms with van der Waals surface area (Å²) in [5.41, 5.74) is 3.13. The van der Waals surface area contributed by atoms with Crippen molar-refractivity contribution in [1.82, 2.24) is 14.9 Å². The zero-order valence-corrected chi connectivity index (χ0v) is 52.5. The minimum absolute atomic E-state index is 0.0313. The number of nitrogens with zero attached hydrogens (tertiary/aromatic N) is 3. The Morgan fingerprint density at radius 2 is 1.44 bits per heavy atom. The Morgan fingerprint density at radius 3 is 2.06 bits per heavy atom. The van der Waals surface area contributed by atoms with Gasteiger partial charge < -0.3 is 38.3 Å². The van der Waals surface area contributed by atoms with Crippen LogP contribution in [0.2, 0.25) is 0 Å². The molecular weight excluding hydrogens is 1040 g/mol. The van der Waals surface area contributed by atoms with Crippen LogP contribution >= 0.6 is 8.53 Å². The summed E-state index contributed by atoms with van der Waals surface area (Å²) in [7, 11) is 1.49. The van der Waals surface area contributed by atoms with Crippen LogP contribution in [0.25, 0.3) is 4.85 Å². The molecule has 11 atom stereocenters. The first kappa shape index (κ1) is 63.2. The highest BCUT2D eigenvalue weighted by Gasteiger charge is 2.59. The summed E-state index contributed by atoms with van der Waals surface area (Å²) in [6, 6.07) is 25.2. The van der Waals surface area contributed by atoms with Crippen LogP contribution in [0, 0.1) is 58.8 Å². The maximum atomic E-state index is 16.4. The standard InChI is InChI=1S/C69H99N4O8P/c1-47(2)20-19-21-50(7)60-35-36-61-58-34-29-54-44-57(37-39-67(54,8)62(58)38-40-68(60,61)9)80-66(76)71-41-18-14-17-24-64(74)72-45-59(63(46-72)81-82(79-43-42-70-10)73(48(3)4)49(5)6)65(75)69(51-22-15-13-16-23-51,52-25-30-55(77-11)31-26-52)53-27-32-56(78-12)33-28-53/h13,15-16,22-23,25-33,47-50,57-63H,14,17-21,24,34-46H2,1-9,11-12H3,(H,71,76)/t50-,57+,58?,59?,60-,61?,62?,63?,67+,68-,82?/m1/s1. The number of fused-ring (bicyclic) bond motifs is 5. The van der Waals surface area contributed by atoms with Gasteiger partial charge in [-0.3, -0.25) is 9.59 Å². The van der Waals surface area contributed by atoms with Gasteiger partial charge in [0.2, 0.25) is 12.5 Å². The van der Waals surface area contributed by atoms with Gasteiger partial charge in [-0.1, -0.05) is 127 Å². The number of Topliss-reactive ketones (excluding diaryl/α,β-unsaturated/α-hetero) is 1. The third kappa shape index (κ3) is 13.8. The van der Waals surface area contributed by atoms with Crippen LogP contribution in [0.1, 0.15) is 175 Å². The third-order valence-corrected chi connectivity index (χ3v) is 22.5. The molecule has 1 heterocycles. The molecule has 3 aromatic carbocycles. The van der Waals surface area contributed by atoms with Gasteiger partial charge in [-0.25, -0.2) is 16.0 Å². The monoisotopic (exact) mass is 1140 g/mol. The number of benzene rings is 3. The lowest BCUT2D eigenvalue weighted by atomic mass is 9.47. The Kier molecular flexibility index (Phi) is 21.9. The van der Waals surface area contributed by atoms with Crippen molar-refractivity contribution in [1.29, 1.82) is 0 Å². The highest BCUT2D eigenvalue weighted by Crippen LogP contribution is 2.67.